The predicted octanol–water partition coefficient (Wildman–Crippen LogP) is 1.92. The molecule has 0 spiro atoms. The van der Waals surface area contributed by atoms with E-state index in [0.717, 1.165) is 0 Å². The van der Waals surface area contributed by atoms with Gasteiger partial charge in [-0.1, -0.05) is 27.0 Å². The summed E-state index contributed by atoms with van der Waals surface area (Å²) < 4.78 is 14.9. The normalized spacial score (nSPS) is 9.94. The van der Waals surface area contributed by atoms with Gasteiger partial charge < -0.3 is 14.2 Å². The standard InChI is InChI=1S/C12H20O4/c1-5-14-6-7-15-8-9-16-12(13)11(4)10(2)3/h5,10H,1,4,6-9H2,2-3H3. The highest BCUT2D eigenvalue weighted by Crippen LogP contribution is 2.07. The van der Waals surface area contributed by atoms with Crippen LogP contribution in [0.2, 0.25) is 0 Å². The Morgan fingerprint density at radius 2 is 1.88 bits per heavy atom. The van der Waals surface area contributed by atoms with Crippen LogP contribution in [0.1, 0.15) is 13.8 Å². The third-order valence-corrected chi connectivity index (χ3v) is 1.88. The molecule has 0 unspecified atom stereocenters. The molecule has 0 radical (unpaired) electrons. The van der Waals surface area contributed by atoms with E-state index in [1.54, 1.807) is 0 Å². The van der Waals surface area contributed by atoms with Crippen LogP contribution in [-0.2, 0) is 19.0 Å². The first-order chi connectivity index (χ1) is 7.59. The van der Waals surface area contributed by atoms with Gasteiger partial charge in [0, 0.05) is 5.57 Å². The molecule has 0 aromatic rings. The number of ether oxygens (including phenoxy) is 3. The van der Waals surface area contributed by atoms with Crippen LogP contribution in [0, 0.1) is 5.92 Å². The van der Waals surface area contributed by atoms with Crippen LogP contribution in [0.3, 0.4) is 0 Å². The molecular weight excluding hydrogens is 208 g/mol. The fraction of sp³-hybridized carbons (Fsp3) is 0.583. The highest BCUT2D eigenvalue weighted by atomic mass is 16.6. The molecule has 4 nitrogen and oxygen atoms in total. The molecule has 0 aliphatic carbocycles. The Morgan fingerprint density at radius 1 is 1.25 bits per heavy atom. The molecule has 0 amide bonds. The molecule has 4 heteroatoms. The molecule has 0 saturated heterocycles. The largest absolute Gasteiger partial charge is 0.499 e. The minimum absolute atomic E-state index is 0.106. The van der Waals surface area contributed by atoms with Crippen molar-refractivity contribution in [3.63, 3.8) is 0 Å². The van der Waals surface area contributed by atoms with Crippen molar-refractivity contribution in [2.24, 2.45) is 5.92 Å². The van der Waals surface area contributed by atoms with Gasteiger partial charge in [0.1, 0.15) is 13.2 Å². The summed E-state index contributed by atoms with van der Waals surface area (Å²) in [5, 5.41) is 0. The van der Waals surface area contributed by atoms with Gasteiger partial charge >= 0.3 is 5.97 Å². The minimum atomic E-state index is -0.360. The SMILES string of the molecule is C=COCCOCCOC(=O)C(=C)C(C)C. The molecular formula is C12H20O4. The summed E-state index contributed by atoms with van der Waals surface area (Å²) in [5.41, 5.74) is 0.481. The summed E-state index contributed by atoms with van der Waals surface area (Å²) in [6, 6.07) is 0. The van der Waals surface area contributed by atoms with Crippen molar-refractivity contribution in [2.75, 3.05) is 26.4 Å². The van der Waals surface area contributed by atoms with E-state index >= 15 is 0 Å². The molecule has 0 rings (SSSR count). The van der Waals surface area contributed by atoms with E-state index in [2.05, 4.69) is 13.2 Å². The second-order valence-corrected chi connectivity index (χ2v) is 3.47. The maximum Gasteiger partial charge on any atom is 0.333 e. The lowest BCUT2D eigenvalue weighted by Gasteiger charge is -2.09. The number of rotatable bonds is 9. The van der Waals surface area contributed by atoms with Crippen molar-refractivity contribution in [3.05, 3.63) is 25.0 Å². The molecule has 16 heavy (non-hydrogen) atoms. The quantitative estimate of drug-likeness (QED) is 0.262. The van der Waals surface area contributed by atoms with Gasteiger partial charge in [0.25, 0.3) is 0 Å². The molecule has 0 aromatic heterocycles. The van der Waals surface area contributed by atoms with Crippen molar-refractivity contribution in [2.45, 2.75) is 13.8 Å². The van der Waals surface area contributed by atoms with Gasteiger partial charge in [-0.15, -0.1) is 0 Å². The molecule has 0 aliphatic heterocycles. The zero-order valence-electron chi connectivity index (χ0n) is 10.0. The number of hydrogen-bond donors (Lipinski definition) is 0. The Kier molecular flexibility index (Phi) is 8.25. The molecule has 0 aromatic carbocycles. The Morgan fingerprint density at radius 3 is 2.44 bits per heavy atom. The maximum atomic E-state index is 11.3. The van der Waals surface area contributed by atoms with E-state index in [-0.39, 0.29) is 18.5 Å². The van der Waals surface area contributed by atoms with Gasteiger partial charge in [-0.3, -0.25) is 0 Å². The van der Waals surface area contributed by atoms with Crippen molar-refractivity contribution in [1.29, 1.82) is 0 Å². The van der Waals surface area contributed by atoms with E-state index < -0.39 is 0 Å². The second-order valence-electron chi connectivity index (χ2n) is 3.47. The molecule has 0 aliphatic rings. The summed E-state index contributed by atoms with van der Waals surface area (Å²) >= 11 is 0. The zero-order valence-corrected chi connectivity index (χ0v) is 10.0. The topological polar surface area (TPSA) is 44.8 Å². The highest BCUT2D eigenvalue weighted by Gasteiger charge is 2.11. The number of esters is 1. The average Bonchev–Trinajstić information content (AvgIpc) is 2.26. The van der Waals surface area contributed by atoms with Crippen molar-refractivity contribution in [3.8, 4) is 0 Å². The van der Waals surface area contributed by atoms with Gasteiger partial charge in [0.15, 0.2) is 0 Å². The van der Waals surface area contributed by atoms with Gasteiger partial charge in [0.05, 0.1) is 19.5 Å². The summed E-state index contributed by atoms with van der Waals surface area (Å²) in [6.07, 6.45) is 1.36. The van der Waals surface area contributed by atoms with E-state index in [1.165, 1.54) is 6.26 Å². The fourth-order valence-electron chi connectivity index (χ4n) is 0.814. The van der Waals surface area contributed by atoms with E-state index in [1.807, 2.05) is 13.8 Å². The van der Waals surface area contributed by atoms with Crippen LogP contribution in [0.15, 0.2) is 25.0 Å². The summed E-state index contributed by atoms with van der Waals surface area (Å²) in [5.74, 6) is -0.254. The van der Waals surface area contributed by atoms with Crippen LogP contribution < -0.4 is 0 Å². The number of carbonyl (C=O) groups is 1. The highest BCUT2D eigenvalue weighted by molar-refractivity contribution is 5.88. The summed E-state index contributed by atoms with van der Waals surface area (Å²) in [6.45, 7) is 12.3. The molecule has 0 saturated carbocycles. The van der Waals surface area contributed by atoms with Crippen molar-refractivity contribution in [1.82, 2.24) is 0 Å². The number of carbonyl (C=O) groups excluding carboxylic acids is 1. The lowest BCUT2D eigenvalue weighted by Crippen LogP contribution is -2.15. The lowest BCUT2D eigenvalue weighted by molar-refractivity contribution is -0.141. The van der Waals surface area contributed by atoms with Gasteiger partial charge in [-0.05, 0) is 5.92 Å². The first-order valence-electron chi connectivity index (χ1n) is 5.25. The van der Waals surface area contributed by atoms with Gasteiger partial charge in [-0.2, -0.15) is 0 Å². The molecule has 0 bridgehead atoms. The van der Waals surface area contributed by atoms with Crippen LogP contribution in [0.5, 0.6) is 0 Å². The zero-order chi connectivity index (χ0) is 12.4. The van der Waals surface area contributed by atoms with Crippen LogP contribution >= 0.6 is 0 Å². The monoisotopic (exact) mass is 228 g/mol. The third-order valence-electron chi connectivity index (χ3n) is 1.88. The van der Waals surface area contributed by atoms with Gasteiger partial charge in [0.2, 0.25) is 0 Å². The fourth-order valence-corrected chi connectivity index (χ4v) is 0.814. The van der Waals surface area contributed by atoms with Gasteiger partial charge in [-0.25, -0.2) is 4.79 Å². The van der Waals surface area contributed by atoms with Crippen LogP contribution in [0.25, 0.3) is 0 Å². The molecule has 0 fully saturated rings. The lowest BCUT2D eigenvalue weighted by atomic mass is 10.1. The first kappa shape index (κ1) is 14.7. The molecule has 0 atom stereocenters. The Balaban J connectivity index is 3.41. The first-order valence-corrected chi connectivity index (χ1v) is 5.25. The Labute approximate surface area is 96.9 Å². The predicted molar refractivity (Wildman–Crippen MR) is 61.9 cm³/mol. The average molecular weight is 228 g/mol. The summed E-state index contributed by atoms with van der Waals surface area (Å²) in [7, 11) is 0. The van der Waals surface area contributed by atoms with Crippen LogP contribution in [0.4, 0.5) is 0 Å². The smallest absolute Gasteiger partial charge is 0.333 e. The van der Waals surface area contributed by atoms with Crippen LogP contribution in [-0.4, -0.2) is 32.4 Å². The van der Waals surface area contributed by atoms with Crippen molar-refractivity contribution >= 4 is 5.97 Å². The van der Waals surface area contributed by atoms with E-state index in [4.69, 9.17) is 14.2 Å². The van der Waals surface area contributed by atoms with Crippen molar-refractivity contribution < 1.29 is 19.0 Å². The third kappa shape index (κ3) is 7.06. The Bertz CT molecular complexity index is 233. The van der Waals surface area contributed by atoms with E-state index in [0.29, 0.717) is 25.4 Å². The molecule has 0 N–H and O–H groups in total. The number of hydrogen-bond acceptors (Lipinski definition) is 4. The summed E-state index contributed by atoms with van der Waals surface area (Å²) in [4.78, 5) is 11.3. The molecule has 0 heterocycles. The maximum absolute atomic E-state index is 11.3. The second kappa shape index (κ2) is 8.97. The molecule has 92 valence electrons. The minimum Gasteiger partial charge on any atom is -0.499 e. The van der Waals surface area contributed by atoms with E-state index in [9.17, 15) is 4.79 Å². The Hall–Kier alpha value is -1.29.